The first-order chi connectivity index (χ1) is 9.38. The highest BCUT2D eigenvalue weighted by Crippen LogP contribution is 2.14. The van der Waals surface area contributed by atoms with Gasteiger partial charge in [-0.05, 0) is 40.7 Å². The minimum absolute atomic E-state index is 0.0339. The van der Waals surface area contributed by atoms with Crippen LogP contribution < -0.4 is 5.32 Å². The Morgan fingerprint density at radius 3 is 2.55 bits per heavy atom. The third kappa shape index (κ3) is 3.48. The van der Waals surface area contributed by atoms with Crippen LogP contribution >= 0.6 is 0 Å². The number of hydrogen-bond donors (Lipinski definition) is 1. The van der Waals surface area contributed by atoms with Crippen LogP contribution in [-0.4, -0.2) is 25.6 Å². The Hall–Kier alpha value is -1.62. The van der Waals surface area contributed by atoms with Crippen LogP contribution in [0.2, 0.25) is 0 Å². The molecule has 2 aromatic heterocycles. The summed E-state index contributed by atoms with van der Waals surface area (Å²) in [4.78, 5) is 0. The number of rotatable bonds is 5. The summed E-state index contributed by atoms with van der Waals surface area (Å²) in [6, 6.07) is 2.62. The van der Waals surface area contributed by atoms with Crippen molar-refractivity contribution in [1.82, 2.24) is 24.9 Å². The largest absolute Gasteiger partial charge is 0.308 e. The molecule has 20 heavy (non-hydrogen) atoms. The molecule has 5 nitrogen and oxygen atoms in total. The summed E-state index contributed by atoms with van der Waals surface area (Å²) in [5.41, 5.74) is 1.24. The molecule has 0 fully saturated rings. The van der Waals surface area contributed by atoms with Gasteiger partial charge in [0.25, 0.3) is 0 Å². The van der Waals surface area contributed by atoms with Crippen LogP contribution in [0, 0.1) is 0 Å². The summed E-state index contributed by atoms with van der Waals surface area (Å²) in [5, 5.41) is 12.2. The van der Waals surface area contributed by atoms with Gasteiger partial charge in [0, 0.05) is 36.7 Å². The first kappa shape index (κ1) is 14.8. The Kier molecular flexibility index (Phi) is 4.28. The summed E-state index contributed by atoms with van der Waals surface area (Å²) in [5.74, 6) is 0. The Balaban J connectivity index is 1.90. The van der Waals surface area contributed by atoms with Gasteiger partial charge in [0.15, 0.2) is 0 Å². The SMILES string of the molecule is CC(NCc1cnn(C(C)(C)C)c1)C(C)n1cccn1. The summed E-state index contributed by atoms with van der Waals surface area (Å²) < 4.78 is 3.99. The van der Waals surface area contributed by atoms with Crippen molar-refractivity contribution in [3.05, 3.63) is 36.4 Å². The van der Waals surface area contributed by atoms with Gasteiger partial charge in [-0.3, -0.25) is 9.36 Å². The molecule has 0 saturated heterocycles. The molecule has 0 aliphatic rings. The quantitative estimate of drug-likeness (QED) is 0.912. The van der Waals surface area contributed by atoms with Crippen LogP contribution in [0.15, 0.2) is 30.9 Å². The van der Waals surface area contributed by atoms with Crippen LogP contribution in [0.4, 0.5) is 0 Å². The van der Waals surface area contributed by atoms with Crippen molar-refractivity contribution in [2.75, 3.05) is 0 Å². The van der Waals surface area contributed by atoms with E-state index in [1.807, 2.05) is 34.0 Å². The van der Waals surface area contributed by atoms with Crippen molar-refractivity contribution in [2.45, 2.75) is 58.8 Å². The van der Waals surface area contributed by atoms with Gasteiger partial charge in [0.2, 0.25) is 0 Å². The predicted octanol–water partition coefficient (Wildman–Crippen LogP) is 2.57. The zero-order chi connectivity index (χ0) is 14.8. The zero-order valence-electron chi connectivity index (χ0n) is 13.0. The maximum atomic E-state index is 4.42. The summed E-state index contributed by atoms with van der Waals surface area (Å²) in [6.07, 6.45) is 7.86. The molecule has 0 saturated carbocycles. The van der Waals surface area contributed by atoms with E-state index in [0.717, 1.165) is 6.54 Å². The molecular formula is C15H25N5. The lowest BCUT2D eigenvalue weighted by Crippen LogP contribution is -2.33. The van der Waals surface area contributed by atoms with Gasteiger partial charge in [0.1, 0.15) is 0 Å². The van der Waals surface area contributed by atoms with Gasteiger partial charge in [-0.25, -0.2) is 0 Å². The molecule has 2 atom stereocenters. The van der Waals surface area contributed by atoms with E-state index in [9.17, 15) is 0 Å². The zero-order valence-corrected chi connectivity index (χ0v) is 13.0. The Morgan fingerprint density at radius 1 is 1.25 bits per heavy atom. The Bertz CT molecular complexity index is 521. The summed E-state index contributed by atoms with van der Waals surface area (Å²) in [6.45, 7) is 11.6. The maximum absolute atomic E-state index is 4.42. The second-order valence-corrected chi connectivity index (χ2v) is 6.36. The highest BCUT2D eigenvalue weighted by molar-refractivity contribution is 5.05. The topological polar surface area (TPSA) is 47.7 Å². The fourth-order valence-electron chi connectivity index (χ4n) is 2.02. The molecule has 0 aliphatic heterocycles. The molecule has 0 aliphatic carbocycles. The van der Waals surface area contributed by atoms with E-state index < -0.39 is 0 Å². The van der Waals surface area contributed by atoms with Crippen LogP contribution in [0.3, 0.4) is 0 Å². The molecule has 1 N–H and O–H groups in total. The van der Waals surface area contributed by atoms with E-state index in [4.69, 9.17) is 0 Å². The lowest BCUT2D eigenvalue weighted by atomic mass is 10.1. The minimum Gasteiger partial charge on any atom is -0.308 e. The van der Waals surface area contributed by atoms with Gasteiger partial charge in [0.05, 0.1) is 17.8 Å². The first-order valence-electron chi connectivity index (χ1n) is 7.14. The molecule has 0 radical (unpaired) electrons. The average Bonchev–Trinajstić information content (AvgIpc) is 3.04. The Labute approximate surface area is 121 Å². The van der Waals surface area contributed by atoms with Crippen molar-refractivity contribution in [3.63, 3.8) is 0 Å². The molecule has 2 aromatic rings. The number of aromatic nitrogens is 4. The van der Waals surface area contributed by atoms with E-state index >= 15 is 0 Å². The molecule has 0 bridgehead atoms. The van der Waals surface area contributed by atoms with Crippen LogP contribution in [0.25, 0.3) is 0 Å². The molecule has 0 amide bonds. The first-order valence-corrected chi connectivity index (χ1v) is 7.14. The van der Waals surface area contributed by atoms with Gasteiger partial charge in [-0.15, -0.1) is 0 Å². The van der Waals surface area contributed by atoms with Crippen LogP contribution in [-0.2, 0) is 12.1 Å². The van der Waals surface area contributed by atoms with Crippen molar-refractivity contribution in [3.8, 4) is 0 Å². The fraction of sp³-hybridized carbons (Fsp3) is 0.600. The molecule has 110 valence electrons. The standard InChI is InChI=1S/C15H25N5/c1-12(13(2)19-8-6-7-17-19)16-9-14-10-18-20(11-14)15(3,4)5/h6-8,10-13,16H,9H2,1-5H3. The maximum Gasteiger partial charge on any atom is 0.0641 e. The van der Waals surface area contributed by atoms with E-state index in [0.29, 0.717) is 12.1 Å². The lowest BCUT2D eigenvalue weighted by molar-refractivity contribution is 0.353. The highest BCUT2D eigenvalue weighted by Gasteiger charge is 2.16. The smallest absolute Gasteiger partial charge is 0.0641 e. The van der Waals surface area contributed by atoms with Crippen molar-refractivity contribution in [1.29, 1.82) is 0 Å². The monoisotopic (exact) mass is 275 g/mol. The lowest BCUT2D eigenvalue weighted by Gasteiger charge is -2.21. The molecule has 0 aromatic carbocycles. The number of nitrogens with one attached hydrogen (secondary N) is 1. The van der Waals surface area contributed by atoms with Gasteiger partial charge in [-0.1, -0.05) is 0 Å². The second-order valence-electron chi connectivity index (χ2n) is 6.36. The van der Waals surface area contributed by atoms with Crippen molar-refractivity contribution >= 4 is 0 Å². The minimum atomic E-state index is 0.0339. The number of nitrogens with zero attached hydrogens (tertiary/aromatic N) is 4. The van der Waals surface area contributed by atoms with E-state index in [1.165, 1.54) is 5.56 Å². The number of hydrogen-bond acceptors (Lipinski definition) is 3. The van der Waals surface area contributed by atoms with E-state index in [1.54, 1.807) is 0 Å². The van der Waals surface area contributed by atoms with Crippen LogP contribution in [0.5, 0.6) is 0 Å². The van der Waals surface area contributed by atoms with Gasteiger partial charge >= 0.3 is 0 Å². The summed E-state index contributed by atoms with van der Waals surface area (Å²) >= 11 is 0. The molecule has 0 spiro atoms. The van der Waals surface area contributed by atoms with Crippen molar-refractivity contribution < 1.29 is 0 Å². The Morgan fingerprint density at radius 2 is 2.00 bits per heavy atom. The van der Waals surface area contributed by atoms with Gasteiger partial charge in [-0.2, -0.15) is 10.2 Å². The third-order valence-electron chi connectivity index (χ3n) is 3.62. The predicted molar refractivity (Wildman–Crippen MR) is 80.5 cm³/mol. The second kappa shape index (κ2) is 5.79. The van der Waals surface area contributed by atoms with Crippen molar-refractivity contribution in [2.24, 2.45) is 0 Å². The molecule has 2 unspecified atom stereocenters. The molecule has 5 heteroatoms. The fourth-order valence-corrected chi connectivity index (χ4v) is 2.02. The highest BCUT2D eigenvalue weighted by atomic mass is 15.3. The van der Waals surface area contributed by atoms with E-state index in [-0.39, 0.29) is 5.54 Å². The molecular weight excluding hydrogens is 250 g/mol. The molecule has 2 rings (SSSR count). The van der Waals surface area contributed by atoms with Gasteiger partial charge < -0.3 is 5.32 Å². The molecule has 2 heterocycles. The summed E-state index contributed by atoms with van der Waals surface area (Å²) in [7, 11) is 0. The normalized spacial score (nSPS) is 15.2. The third-order valence-corrected chi connectivity index (χ3v) is 3.62. The van der Waals surface area contributed by atoms with E-state index in [2.05, 4.69) is 56.3 Å². The average molecular weight is 275 g/mol. The van der Waals surface area contributed by atoms with Crippen LogP contribution in [0.1, 0.15) is 46.2 Å².